The Hall–Kier alpha value is -2.58. The number of pyridine rings is 1. The molecule has 8 heteroatoms. The zero-order valence-electron chi connectivity index (χ0n) is 15.3. The van der Waals surface area contributed by atoms with Crippen LogP contribution in [0.2, 0.25) is 0 Å². The number of benzene rings is 1. The number of nitrogens with one attached hydrogen (secondary N) is 1. The third kappa shape index (κ3) is 3.83. The van der Waals surface area contributed by atoms with Gasteiger partial charge in [-0.15, -0.1) is 0 Å². The van der Waals surface area contributed by atoms with Crippen LogP contribution in [0.15, 0.2) is 59.8 Å². The van der Waals surface area contributed by atoms with Crippen LogP contribution in [-0.4, -0.2) is 41.0 Å². The van der Waals surface area contributed by atoms with Gasteiger partial charge in [-0.25, -0.2) is 12.8 Å². The minimum Gasteiger partial charge on any atom is -0.284 e. The van der Waals surface area contributed by atoms with Crippen molar-refractivity contribution in [2.75, 3.05) is 13.1 Å². The summed E-state index contributed by atoms with van der Waals surface area (Å²) in [6, 6.07) is 12.4. The number of sulfonamides is 1. The number of hydrogen-bond acceptors (Lipinski definition) is 4. The highest BCUT2D eigenvalue weighted by Crippen LogP contribution is 2.29. The van der Waals surface area contributed by atoms with Crippen LogP contribution in [0.3, 0.4) is 0 Å². The summed E-state index contributed by atoms with van der Waals surface area (Å²) in [5.41, 5.74) is 2.22. The van der Waals surface area contributed by atoms with E-state index in [9.17, 15) is 12.8 Å². The summed E-state index contributed by atoms with van der Waals surface area (Å²) in [5.74, 6) is -0.235. The second-order valence-electron chi connectivity index (χ2n) is 6.96. The van der Waals surface area contributed by atoms with E-state index < -0.39 is 10.0 Å². The number of rotatable bonds is 5. The van der Waals surface area contributed by atoms with Crippen molar-refractivity contribution >= 4 is 10.0 Å². The Kier molecular flexibility index (Phi) is 5.23. The fraction of sp³-hybridized carbons (Fsp3) is 0.300. The molecule has 1 unspecified atom stereocenters. The molecule has 3 aromatic rings. The van der Waals surface area contributed by atoms with Gasteiger partial charge >= 0.3 is 0 Å². The third-order valence-corrected chi connectivity index (χ3v) is 6.90. The molecule has 1 N–H and O–H groups in total. The summed E-state index contributed by atoms with van der Waals surface area (Å²) in [6.07, 6.45) is 4.76. The number of halogens is 1. The molecule has 0 amide bonds. The van der Waals surface area contributed by atoms with E-state index in [1.807, 2.05) is 24.3 Å². The predicted octanol–water partition coefficient (Wildman–Crippen LogP) is 3.10. The van der Waals surface area contributed by atoms with Gasteiger partial charge in [-0.05, 0) is 36.6 Å². The smallest absolute Gasteiger partial charge is 0.246 e. The molecule has 1 fully saturated rings. The minimum atomic E-state index is -3.56. The average Bonchev–Trinajstić information content (AvgIpc) is 3.26. The van der Waals surface area contributed by atoms with Crippen molar-refractivity contribution < 1.29 is 12.8 Å². The molecule has 2 aromatic heterocycles. The molecule has 1 aliphatic heterocycles. The molecule has 0 saturated carbocycles. The zero-order valence-corrected chi connectivity index (χ0v) is 16.1. The van der Waals surface area contributed by atoms with Gasteiger partial charge in [-0.2, -0.15) is 9.40 Å². The molecular formula is C20H21FN4O2S. The van der Waals surface area contributed by atoms with Crippen molar-refractivity contribution in [3.8, 4) is 0 Å². The number of aromatic nitrogens is 3. The number of hydrogen-bond donors (Lipinski definition) is 1. The van der Waals surface area contributed by atoms with E-state index in [0.29, 0.717) is 25.1 Å². The summed E-state index contributed by atoms with van der Waals surface area (Å²) in [4.78, 5) is 4.88. The Morgan fingerprint density at radius 2 is 2.04 bits per heavy atom. The largest absolute Gasteiger partial charge is 0.284 e. The van der Waals surface area contributed by atoms with Crippen molar-refractivity contribution in [1.82, 2.24) is 19.5 Å². The Morgan fingerprint density at radius 1 is 1.18 bits per heavy atom. The highest BCUT2D eigenvalue weighted by Gasteiger charge is 2.32. The lowest BCUT2D eigenvalue weighted by Gasteiger charge is -2.31. The summed E-state index contributed by atoms with van der Waals surface area (Å²) in [7, 11) is -3.56. The van der Waals surface area contributed by atoms with Crippen LogP contribution in [0, 0.1) is 5.82 Å². The normalized spacial score (nSPS) is 18.2. The molecule has 3 heterocycles. The first-order valence-corrected chi connectivity index (χ1v) is 10.7. The van der Waals surface area contributed by atoms with E-state index in [1.54, 1.807) is 12.1 Å². The monoisotopic (exact) mass is 400 g/mol. The van der Waals surface area contributed by atoms with Crippen LogP contribution < -0.4 is 0 Å². The lowest BCUT2D eigenvalue weighted by molar-refractivity contribution is 0.312. The van der Waals surface area contributed by atoms with Gasteiger partial charge in [0.2, 0.25) is 10.0 Å². The van der Waals surface area contributed by atoms with Crippen LogP contribution in [0.4, 0.5) is 4.39 Å². The van der Waals surface area contributed by atoms with Crippen molar-refractivity contribution in [2.24, 2.45) is 0 Å². The van der Waals surface area contributed by atoms with Gasteiger partial charge in [0.1, 0.15) is 10.7 Å². The van der Waals surface area contributed by atoms with Gasteiger partial charge in [-0.1, -0.05) is 24.3 Å². The Morgan fingerprint density at radius 3 is 2.82 bits per heavy atom. The van der Waals surface area contributed by atoms with Gasteiger partial charge in [0.15, 0.2) is 0 Å². The fourth-order valence-corrected chi connectivity index (χ4v) is 5.02. The molecule has 1 saturated heterocycles. The summed E-state index contributed by atoms with van der Waals surface area (Å²) in [5, 5.41) is 6.30. The van der Waals surface area contributed by atoms with Crippen LogP contribution in [0.5, 0.6) is 0 Å². The van der Waals surface area contributed by atoms with Crippen LogP contribution in [0.25, 0.3) is 0 Å². The summed E-state index contributed by atoms with van der Waals surface area (Å²) < 4.78 is 41.0. The fourth-order valence-electron chi connectivity index (χ4n) is 3.59. The maximum absolute atomic E-state index is 13.9. The number of aromatic amines is 1. The van der Waals surface area contributed by atoms with Crippen molar-refractivity contribution in [3.63, 3.8) is 0 Å². The maximum Gasteiger partial charge on any atom is 0.246 e. The van der Waals surface area contributed by atoms with Crippen LogP contribution in [0.1, 0.15) is 35.7 Å². The molecule has 6 nitrogen and oxygen atoms in total. The lowest BCUT2D eigenvalue weighted by atomic mass is 9.95. The molecule has 0 bridgehead atoms. The maximum atomic E-state index is 13.9. The van der Waals surface area contributed by atoms with Gasteiger partial charge in [0.05, 0.1) is 6.20 Å². The van der Waals surface area contributed by atoms with Gasteiger partial charge in [0, 0.05) is 43.0 Å². The van der Waals surface area contributed by atoms with E-state index in [2.05, 4.69) is 10.2 Å². The van der Waals surface area contributed by atoms with Gasteiger partial charge in [-0.3, -0.25) is 10.1 Å². The number of H-pyrrole nitrogens is 1. The van der Waals surface area contributed by atoms with E-state index >= 15 is 0 Å². The highest BCUT2D eigenvalue weighted by atomic mass is 32.2. The molecule has 4 rings (SSSR count). The molecule has 0 spiro atoms. The molecule has 1 aromatic carbocycles. The second kappa shape index (κ2) is 7.81. The van der Waals surface area contributed by atoms with Crippen molar-refractivity contribution in [2.45, 2.75) is 30.1 Å². The molecule has 0 radical (unpaired) electrons. The van der Waals surface area contributed by atoms with Crippen LogP contribution in [-0.2, 0) is 16.4 Å². The summed E-state index contributed by atoms with van der Waals surface area (Å²) in [6.45, 7) is 0.864. The molecule has 28 heavy (non-hydrogen) atoms. The van der Waals surface area contributed by atoms with E-state index in [-0.39, 0.29) is 16.6 Å². The van der Waals surface area contributed by atoms with E-state index in [4.69, 9.17) is 4.98 Å². The first-order chi connectivity index (χ1) is 13.5. The second-order valence-corrected chi connectivity index (χ2v) is 8.90. The average molecular weight is 400 g/mol. The Balaban J connectivity index is 1.54. The van der Waals surface area contributed by atoms with Crippen molar-refractivity contribution in [3.05, 3.63) is 77.6 Å². The first kappa shape index (κ1) is 18.8. The molecule has 0 aliphatic carbocycles. The van der Waals surface area contributed by atoms with E-state index in [1.165, 1.54) is 22.8 Å². The Labute approximate surface area is 163 Å². The topological polar surface area (TPSA) is 79.0 Å². The first-order valence-electron chi connectivity index (χ1n) is 9.22. The highest BCUT2D eigenvalue weighted by molar-refractivity contribution is 7.89. The quantitative estimate of drug-likeness (QED) is 0.714. The van der Waals surface area contributed by atoms with E-state index in [0.717, 1.165) is 24.2 Å². The predicted molar refractivity (Wildman–Crippen MR) is 103 cm³/mol. The van der Waals surface area contributed by atoms with Crippen molar-refractivity contribution in [1.29, 1.82) is 0 Å². The Bertz CT molecular complexity index is 1050. The van der Waals surface area contributed by atoms with Gasteiger partial charge < -0.3 is 0 Å². The minimum absolute atomic E-state index is 0.0102. The number of piperidine rings is 1. The molecule has 1 atom stereocenters. The van der Waals surface area contributed by atoms with Gasteiger partial charge in [0.25, 0.3) is 0 Å². The molecular weight excluding hydrogens is 379 g/mol. The molecule has 146 valence electrons. The summed E-state index contributed by atoms with van der Waals surface area (Å²) >= 11 is 0. The SMILES string of the molecule is O=S(=O)(c1cn[nH]c1)N1CCCC(c2cccc(Cc3ccccc3F)n2)C1. The van der Waals surface area contributed by atoms with Crippen LogP contribution >= 0.6 is 0 Å². The number of nitrogens with zero attached hydrogens (tertiary/aromatic N) is 3. The molecule has 1 aliphatic rings. The standard InChI is InChI=1S/C20H21FN4O2S/c21-19-8-2-1-5-15(19)11-17-7-3-9-20(24-17)16-6-4-10-25(14-16)28(26,27)18-12-22-23-13-18/h1-3,5,7-9,12-13,16H,4,6,10-11,14H2,(H,22,23). The third-order valence-electron chi connectivity index (χ3n) is 5.07. The lowest BCUT2D eigenvalue weighted by Crippen LogP contribution is -2.39. The zero-order chi connectivity index (χ0) is 19.6.